The highest BCUT2D eigenvalue weighted by Gasteiger charge is 2.50. The Morgan fingerprint density at radius 3 is 2.38 bits per heavy atom. The molecule has 0 radical (unpaired) electrons. The van der Waals surface area contributed by atoms with Gasteiger partial charge in [0.25, 0.3) is 0 Å². The fourth-order valence-corrected chi connectivity index (χ4v) is 2.84. The van der Waals surface area contributed by atoms with Crippen LogP contribution in [0.2, 0.25) is 0 Å². The molecular weight excluding hydrogens is 204 g/mol. The van der Waals surface area contributed by atoms with E-state index in [9.17, 15) is 9.59 Å². The first kappa shape index (κ1) is 13.2. The van der Waals surface area contributed by atoms with E-state index in [1.807, 2.05) is 0 Å². The molecule has 1 fully saturated rings. The van der Waals surface area contributed by atoms with E-state index < -0.39 is 5.41 Å². The van der Waals surface area contributed by atoms with Crippen LogP contribution in [0.4, 0.5) is 0 Å². The van der Waals surface area contributed by atoms with Crippen molar-refractivity contribution in [3.8, 4) is 0 Å². The third-order valence-electron chi connectivity index (χ3n) is 4.03. The van der Waals surface area contributed by atoms with Crippen molar-refractivity contribution in [1.82, 2.24) is 0 Å². The summed E-state index contributed by atoms with van der Waals surface area (Å²) in [4.78, 5) is 23.8. The Bertz CT molecular complexity index is 285. The van der Waals surface area contributed by atoms with Crippen LogP contribution in [0.25, 0.3) is 0 Å². The number of hydrogen-bond acceptors (Lipinski definition) is 3. The Kier molecular flexibility index (Phi) is 4.11. The zero-order chi connectivity index (χ0) is 12.3. The second-order valence-electron chi connectivity index (χ2n) is 4.99. The largest absolute Gasteiger partial charge is 0.465 e. The van der Waals surface area contributed by atoms with Crippen molar-refractivity contribution in [2.45, 2.75) is 47.0 Å². The van der Waals surface area contributed by atoms with Gasteiger partial charge in [-0.15, -0.1) is 0 Å². The highest BCUT2D eigenvalue weighted by Crippen LogP contribution is 2.45. The number of carbonyl (C=O) groups excluding carboxylic acids is 2. The highest BCUT2D eigenvalue weighted by atomic mass is 16.5. The average molecular weight is 226 g/mol. The summed E-state index contributed by atoms with van der Waals surface area (Å²) >= 11 is 0. The summed E-state index contributed by atoms with van der Waals surface area (Å²) in [5.74, 6) is 0.160. The van der Waals surface area contributed by atoms with Gasteiger partial charge in [-0.1, -0.05) is 19.8 Å². The van der Waals surface area contributed by atoms with E-state index in [0.717, 1.165) is 19.3 Å². The van der Waals surface area contributed by atoms with Crippen molar-refractivity contribution in [2.75, 3.05) is 6.61 Å². The molecule has 1 rings (SSSR count). The Labute approximate surface area is 97.5 Å². The summed E-state index contributed by atoms with van der Waals surface area (Å²) < 4.78 is 5.07. The third-order valence-corrected chi connectivity index (χ3v) is 4.03. The molecule has 16 heavy (non-hydrogen) atoms. The zero-order valence-electron chi connectivity index (χ0n) is 10.7. The van der Waals surface area contributed by atoms with E-state index in [-0.39, 0.29) is 17.7 Å². The minimum Gasteiger partial charge on any atom is -0.465 e. The standard InChI is InChI=1S/C13H22O3/c1-5-16-12(15)13(4,10(3)14)11-8-6-7-9(11)2/h9,11H,5-8H2,1-4H3. The fourth-order valence-electron chi connectivity index (χ4n) is 2.84. The fraction of sp³-hybridized carbons (Fsp3) is 0.846. The number of hydrogen-bond donors (Lipinski definition) is 0. The smallest absolute Gasteiger partial charge is 0.319 e. The SMILES string of the molecule is CCOC(=O)C(C)(C(C)=O)C1CCCC1C. The Hall–Kier alpha value is -0.860. The molecule has 1 aliphatic rings. The first-order valence-corrected chi connectivity index (χ1v) is 6.12. The van der Waals surface area contributed by atoms with Crippen molar-refractivity contribution in [1.29, 1.82) is 0 Å². The van der Waals surface area contributed by atoms with Crippen molar-refractivity contribution in [2.24, 2.45) is 17.3 Å². The molecule has 0 aromatic rings. The number of esters is 1. The van der Waals surface area contributed by atoms with Crippen LogP contribution in [-0.4, -0.2) is 18.4 Å². The number of rotatable bonds is 4. The number of carbonyl (C=O) groups is 2. The van der Waals surface area contributed by atoms with Crippen LogP contribution in [0.1, 0.15) is 47.0 Å². The van der Waals surface area contributed by atoms with Crippen molar-refractivity contribution in [3.63, 3.8) is 0 Å². The molecular formula is C13H22O3. The van der Waals surface area contributed by atoms with E-state index in [0.29, 0.717) is 12.5 Å². The molecule has 0 spiro atoms. The number of Topliss-reactive ketones (excluding diaryl/α,β-unsaturated/α-hetero) is 1. The van der Waals surface area contributed by atoms with Crippen molar-refractivity contribution >= 4 is 11.8 Å². The molecule has 3 nitrogen and oxygen atoms in total. The van der Waals surface area contributed by atoms with Gasteiger partial charge in [0.1, 0.15) is 11.2 Å². The molecule has 0 aromatic heterocycles. The third kappa shape index (κ3) is 2.13. The number of ketones is 1. The lowest BCUT2D eigenvalue weighted by molar-refractivity contribution is -0.163. The van der Waals surface area contributed by atoms with Crippen molar-refractivity contribution in [3.05, 3.63) is 0 Å². The quantitative estimate of drug-likeness (QED) is 0.546. The van der Waals surface area contributed by atoms with Gasteiger partial charge in [-0.05, 0) is 39.0 Å². The van der Waals surface area contributed by atoms with E-state index >= 15 is 0 Å². The van der Waals surface area contributed by atoms with Crippen LogP contribution in [-0.2, 0) is 14.3 Å². The Morgan fingerprint density at radius 2 is 2.00 bits per heavy atom. The Morgan fingerprint density at radius 1 is 1.38 bits per heavy atom. The van der Waals surface area contributed by atoms with Crippen LogP contribution in [0, 0.1) is 17.3 Å². The molecule has 1 saturated carbocycles. The summed E-state index contributed by atoms with van der Waals surface area (Å²) in [6, 6.07) is 0. The molecule has 0 aliphatic heterocycles. The molecule has 92 valence electrons. The van der Waals surface area contributed by atoms with Gasteiger partial charge in [-0.3, -0.25) is 9.59 Å². The number of ether oxygens (including phenoxy) is 1. The molecule has 3 atom stereocenters. The Balaban J connectivity index is 2.96. The monoisotopic (exact) mass is 226 g/mol. The molecule has 1 aliphatic carbocycles. The minimum absolute atomic E-state index is 0.0651. The molecule has 0 saturated heterocycles. The average Bonchev–Trinajstić information content (AvgIpc) is 2.63. The molecule has 0 bridgehead atoms. The highest BCUT2D eigenvalue weighted by molar-refractivity contribution is 6.02. The van der Waals surface area contributed by atoms with Gasteiger partial charge >= 0.3 is 5.97 Å². The van der Waals surface area contributed by atoms with Gasteiger partial charge in [0.2, 0.25) is 0 Å². The molecule has 0 amide bonds. The van der Waals surface area contributed by atoms with Crippen LogP contribution in [0.15, 0.2) is 0 Å². The normalized spacial score (nSPS) is 28.5. The summed E-state index contributed by atoms with van der Waals surface area (Å²) in [5, 5.41) is 0. The van der Waals surface area contributed by atoms with Crippen LogP contribution >= 0.6 is 0 Å². The zero-order valence-corrected chi connectivity index (χ0v) is 10.7. The molecule has 0 aromatic carbocycles. The van der Waals surface area contributed by atoms with Gasteiger partial charge in [-0.2, -0.15) is 0 Å². The molecule has 3 heteroatoms. The second-order valence-corrected chi connectivity index (χ2v) is 4.99. The van der Waals surface area contributed by atoms with E-state index in [4.69, 9.17) is 4.74 Å². The second kappa shape index (κ2) is 4.98. The van der Waals surface area contributed by atoms with Gasteiger partial charge < -0.3 is 4.74 Å². The van der Waals surface area contributed by atoms with Crippen molar-refractivity contribution < 1.29 is 14.3 Å². The van der Waals surface area contributed by atoms with E-state index in [1.165, 1.54) is 6.92 Å². The van der Waals surface area contributed by atoms with Crippen LogP contribution < -0.4 is 0 Å². The maximum atomic E-state index is 12.0. The summed E-state index contributed by atoms with van der Waals surface area (Å²) in [6.45, 7) is 7.49. The van der Waals surface area contributed by atoms with Gasteiger partial charge in [0, 0.05) is 0 Å². The lowest BCUT2D eigenvalue weighted by Crippen LogP contribution is -2.44. The first-order valence-electron chi connectivity index (χ1n) is 6.12. The topological polar surface area (TPSA) is 43.4 Å². The minimum atomic E-state index is -0.939. The van der Waals surface area contributed by atoms with E-state index in [2.05, 4.69) is 6.92 Å². The lowest BCUT2D eigenvalue weighted by atomic mass is 9.70. The first-order chi connectivity index (χ1) is 7.44. The van der Waals surface area contributed by atoms with Gasteiger partial charge in [0.05, 0.1) is 6.61 Å². The maximum Gasteiger partial charge on any atom is 0.319 e. The summed E-state index contributed by atoms with van der Waals surface area (Å²) in [7, 11) is 0. The summed E-state index contributed by atoms with van der Waals surface area (Å²) in [5.41, 5.74) is -0.939. The van der Waals surface area contributed by atoms with Crippen LogP contribution in [0.3, 0.4) is 0 Å². The van der Waals surface area contributed by atoms with E-state index in [1.54, 1.807) is 13.8 Å². The predicted molar refractivity (Wildman–Crippen MR) is 61.9 cm³/mol. The van der Waals surface area contributed by atoms with Gasteiger partial charge in [-0.25, -0.2) is 0 Å². The summed E-state index contributed by atoms with van der Waals surface area (Å²) in [6.07, 6.45) is 3.16. The molecule has 0 heterocycles. The van der Waals surface area contributed by atoms with Crippen LogP contribution in [0.5, 0.6) is 0 Å². The predicted octanol–water partition coefficient (Wildman–Crippen LogP) is 2.58. The maximum absolute atomic E-state index is 12.0. The van der Waals surface area contributed by atoms with Gasteiger partial charge in [0.15, 0.2) is 0 Å². The lowest BCUT2D eigenvalue weighted by Gasteiger charge is -2.33. The molecule has 3 unspecified atom stereocenters. The molecule has 0 N–H and O–H groups in total.